The molecule has 2 aromatic carbocycles. The van der Waals surface area contributed by atoms with E-state index in [2.05, 4.69) is 33.9 Å². The van der Waals surface area contributed by atoms with Crippen molar-refractivity contribution in [2.24, 2.45) is 5.92 Å². The third-order valence-electron chi connectivity index (χ3n) is 7.61. The Morgan fingerprint density at radius 1 is 1.00 bits per heavy atom. The number of hydrogen-bond donors (Lipinski definition) is 2. The maximum atomic E-state index is 13.3. The number of carboxylic acids is 1. The van der Waals surface area contributed by atoms with E-state index in [4.69, 9.17) is 0 Å². The minimum absolute atomic E-state index is 0.0237. The molecule has 2 aliphatic carbocycles. The van der Waals surface area contributed by atoms with Gasteiger partial charge in [-0.25, -0.2) is 0 Å². The number of benzene rings is 2. The lowest BCUT2D eigenvalue weighted by atomic mass is 10.1. The zero-order valence-electron chi connectivity index (χ0n) is 19.0. The lowest BCUT2D eigenvalue weighted by Crippen LogP contribution is -2.59. The highest BCUT2D eigenvalue weighted by molar-refractivity contribution is 7.87. The van der Waals surface area contributed by atoms with Gasteiger partial charge in [0, 0.05) is 37.3 Å². The highest BCUT2D eigenvalue weighted by atomic mass is 32.2. The zero-order chi connectivity index (χ0) is 23.4. The first-order valence-electron chi connectivity index (χ1n) is 11.7. The van der Waals surface area contributed by atoms with Crippen molar-refractivity contribution in [1.82, 2.24) is 9.03 Å². The average Bonchev–Trinajstić information content (AvgIpc) is 3.72. The monoisotopic (exact) mass is 469 g/mol. The topological polar surface area (TPSA) is 90.0 Å². The molecule has 2 aromatic rings. The van der Waals surface area contributed by atoms with Gasteiger partial charge < -0.3 is 10.0 Å². The molecule has 8 heteroatoms. The van der Waals surface area contributed by atoms with Gasteiger partial charge in [0.05, 0.1) is 0 Å². The van der Waals surface area contributed by atoms with Crippen molar-refractivity contribution >= 4 is 21.9 Å². The second-order valence-electron chi connectivity index (χ2n) is 9.72. The van der Waals surface area contributed by atoms with Gasteiger partial charge in [0.1, 0.15) is 5.54 Å². The van der Waals surface area contributed by atoms with Crippen molar-refractivity contribution in [3.63, 3.8) is 0 Å². The fourth-order valence-electron chi connectivity index (χ4n) is 5.46. The summed E-state index contributed by atoms with van der Waals surface area (Å²) in [5.41, 5.74) is 1.79. The molecule has 176 valence electrons. The van der Waals surface area contributed by atoms with Gasteiger partial charge in [-0.1, -0.05) is 49.4 Å². The Morgan fingerprint density at radius 3 is 2.24 bits per heavy atom. The molecule has 1 saturated heterocycles. The molecule has 4 atom stereocenters. The lowest BCUT2D eigenvalue weighted by Gasteiger charge is -2.41. The Balaban J connectivity index is 1.30. The molecule has 1 heterocycles. The number of carbonyl (C=O) groups is 1. The van der Waals surface area contributed by atoms with Crippen molar-refractivity contribution < 1.29 is 18.3 Å². The molecule has 5 rings (SSSR count). The molecule has 0 bridgehead atoms. The van der Waals surface area contributed by atoms with E-state index in [0.29, 0.717) is 25.6 Å². The summed E-state index contributed by atoms with van der Waals surface area (Å²) in [6, 6.07) is 17.9. The predicted molar refractivity (Wildman–Crippen MR) is 128 cm³/mol. The van der Waals surface area contributed by atoms with Crippen LogP contribution in [0.4, 0.5) is 5.69 Å². The Hall–Kier alpha value is -2.42. The van der Waals surface area contributed by atoms with Gasteiger partial charge in [-0.05, 0) is 54.9 Å². The summed E-state index contributed by atoms with van der Waals surface area (Å²) in [7, 11) is -3.97. The molecule has 33 heavy (non-hydrogen) atoms. The number of nitrogens with zero attached hydrogens (tertiary/aromatic N) is 2. The second kappa shape index (κ2) is 8.11. The number of nitrogens with one attached hydrogen (secondary N) is 1. The van der Waals surface area contributed by atoms with E-state index in [1.807, 2.05) is 37.3 Å². The first kappa shape index (κ1) is 22.4. The van der Waals surface area contributed by atoms with Gasteiger partial charge in [0.15, 0.2) is 0 Å². The van der Waals surface area contributed by atoms with E-state index in [-0.39, 0.29) is 12.0 Å². The van der Waals surface area contributed by atoms with Crippen molar-refractivity contribution in [3.8, 4) is 0 Å². The molecule has 2 N–H and O–H groups in total. The quantitative estimate of drug-likeness (QED) is 0.650. The van der Waals surface area contributed by atoms with Gasteiger partial charge in [-0.15, -0.1) is 0 Å². The summed E-state index contributed by atoms with van der Waals surface area (Å²) in [5, 5.41) is 10.0. The SMILES string of the molecule is C[C@@H]1CN(S(=O)(=O)N[C@@]2(C(=O)O)[C@H](C)[C@@H]2c2ccccc2)CCN1c1ccc(C2CC2)cc1. The number of rotatable bonds is 7. The summed E-state index contributed by atoms with van der Waals surface area (Å²) in [6.45, 7) is 4.97. The number of anilines is 1. The van der Waals surface area contributed by atoms with Crippen LogP contribution in [0.25, 0.3) is 0 Å². The number of aliphatic carboxylic acids is 1. The molecular weight excluding hydrogens is 438 g/mol. The van der Waals surface area contributed by atoms with Crippen molar-refractivity contribution in [2.45, 2.75) is 50.1 Å². The highest BCUT2D eigenvalue weighted by Crippen LogP contribution is 2.58. The standard InChI is InChI=1S/C25H31N3O4S/c1-17-16-27(14-15-28(17)22-12-10-20(11-13-22)19-8-9-19)33(31,32)26-25(24(29)30)18(2)23(25)21-6-4-3-5-7-21/h3-7,10-13,17-19,23,26H,8-9,14-16H2,1-2H3,(H,29,30)/t17-,18-,23-,25+/m1/s1. The molecule has 1 aliphatic heterocycles. The molecule has 0 unspecified atom stereocenters. The molecule has 0 radical (unpaired) electrons. The predicted octanol–water partition coefficient (Wildman–Crippen LogP) is 3.17. The van der Waals surface area contributed by atoms with Crippen LogP contribution in [0.15, 0.2) is 54.6 Å². The van der Waals surface area contributed by atoms with E-state index < -0.39 is 27.6 Å². The number of carboxylic acid groups (broad SMARTS) is 1. The van der Waals surface area contributed by atoms with Crippen LogP contribution in [0.5, 0.6) is 0 Å². The highest BCUT2D eigenvalue weighted by Gasteiger charge is 2.70. The first-order valence-corrected chi connectivity index (χ1v) is 13.1. The fraction of sp³-hybridized carbons (Fsp3) is 0.480. The molecule has 0 amide bonds. The van der Waals surface area contributed by atoms with Crippen molar-refractivity contribution in [2.75, 3.05) is 24.5 Å². The molecule has 3 fully saturated rings. The van der Waals surface area contributed by atoms with E-state index in [1.165, 1.54) is 22.7 Å². The third-order valence-corrected chi connectivity index (χ3v) is 9.22. The van der Waals surface area contributed by atoms with Crippen LogP contribution in [0.2, 0.25) is 0 Å². The lowest BCUT2D eigenvalue weighted by molar-refractivity contribution is -0.140. The third kappa shape index (κ3) is 3.94. The largest absolute Gasteiger partial charge is 0.480 e. The Morgan fingerprint density at radius 2 is 1.67 bits per heavy atom. The average molecular weight is 470 g/mol. The molecule has 7 nitrogen and oxygen atoms in total. The maximum absolute atomic E-state index is 13.3. The summed E-state index contributed by atoms with van der Waals surface area (Å²) in [5.74, 6) is -1.16. The summed E-state index contributed by atoms with van der Waals surface area (Å²) in [4.78, 5) is 14.5. The van der Waals surface area contributed by atoms with Gasteiger partial charge in [-0.2, -0.15) is 17.4 Å². The van der Waals surface area contributed by atoms with Crippen LogP contribution in [-0.4, -0.2) is 55.0 Å². The van der Waals surface area contributed by atoms with Gasteiger partial charge in [0.25, 0.3) is 10.2 Å². The number of piperazine rings is 1. The molecule has 3 aliphatic rings. The first-order chi connectivity index (χ1) is 15.7. The Labute approximate surface area is 195 Å². The number of hydrogen-bond acceptors (Lipinski definition) is 4. The van der Waals surface area contributed by atoms with Crippen LogP contribution < -0.4 is 9.62 Å². The summed E-state index contributed by atoms with van der Waals surface area (Å²) in [6.07, 6.45) is 2.53. The van der Waals surface area contributed by atoms with Crippen LogP contribution in [0.3, 0.4) is 0 Å². The summed E-state index contributed by atoms with van der Waals surface area (Å²) < 4.78 is 30.6. The van der Waals surface area contributed by atoms with Gasteiger partial charge in [0.2, 0.25) is 0 Å². The van der Waals surface area contributed by atoms with Crippen LogP contribution in [-0.2, 0) is 15.0 Å². The molecule has 2 saturated carbocycles. The zero-order valence-corrected chi connectivity index (χ0v) is 19.8. The summed E-state index contributed by atoms with van der Waals surface area (Å²) >= 11 is 0. The van der Waals surface area contributed by atoms with Crippen LogP contribution in [0, 0.1) is 5.92 Å². The maximum Gasteiger partial charge on any atom is 0.325 e. The van der Waals surface area contributed by atoms with Crippen molar-refractivity contribution in [3.05, 3.63) is 65.7 Å². The minimum atomic E-state index is -3.97. The minimum Gasteiger partial charge on any atom is -0.480 e. The molecular formula is C25H31N3O4S. The van der Waals surface area contributed by atoms with Crippen LogP contribution in [0.1, 0.15) is 49.7 Å². The molecule has 0 aromatic heterocycles. The fourth-order valence-corrected chi connectivity index (χ4v) is 7.15. The van der Waals surface area contributed by atoms with Crippen LogP contribution >= 0.6 is 0 Å². The van der Waals surface area contributed by atoms with E-state index in [9.17, 15) is 18.3 Å². The Kier molecular flexibility index (Phi) is 5.50. The second-order valence-corrected chi connectivity index (χ2v) is 11.4. The van der Waals surface area contributed by atoms with Gasteiger partial charge >= 0.3 is 5.97 Å². The van der Waals surface area contributed by atoms with E-state index in [0.717, 1.165) is 11.3 Å². The molecule has 0 spiro atoms. The Bertz CT molecular complexity index is 1130. The normalized spacial score (nSPS) is 30.2. The smallest absolute Gasteiger partial charge is 0.325 e. The van der Waals surface area contributed by atoms with E-state index >= 15 is 0 Å². The van der Waals surface area contributed by atoms with Crippen molar-refractivity contribution in [1.29, 1.82) is 0 Å². The van der Waals surface area contributed by atoms with Gasteiger partial charge in [-0.3, -0.25) is 4.79 Å². The van der Waals surface area contributed by atoms with E-state index in [1.54, 1.807) is 6.92 Å².